The van der Waals surface area contributed by atoms with Crippen LogP contribution >= 0.6 is 0 Å². The van der Waals surface area contributed by atoms with Crippen LogP contribution in [-0.4, -0.2) is 34.1 Å². The average Bonchev–Trinajstić information content (AvgIpc) is 2.55. The van der Waals surface area contributed by atoms with Crippen LogP contribution in [0.1, 0.15) is 36.8 Å². The summed E-state index contributed by atoms with van der Waals surface area (Å²) in [7, 11) is 1.27. The molecule has 0 radical (unpaired) electrons. The van der Waals surface area contributed by atoms with Crippen molar-refractivity contribution in [3.05, 3.63) is 17.0 Å². The van der Waals surface area contributed by atoms with E-state index in [1.165, 1.54) is 7.11 Å². The van der Waals surface area contributed by atoms with Crippen molar-refractivity contribution in [2.24, 2.45) is 0 Å². The minimum atomic E-state index is -1.12. The molecule has 5 nitrogen and oxygen atoms in total. The van der Waals surface area contributed by atoms with Crippen LogP contribution in [0.3, 0.4) is 0 Å². The van der Waals surface area contributed by atoms with E-state index >= 15 is 0 Å². The second kappa shape index (κ2) is 5.31. The Labute approximate surface area is 101 Å². The summed E-state index contributed by atoms with van der Waals surface area (Å²) in [5.74, 6) is -0.610. The number of carbonyl (C=O) groups excluding carboxylic acids is 1. The number of esters is 1. The van der Waals surface area contributed by atoms with Crippen molar-refractivity contribution in [1.82, 2.24) is 9.78 Å². The number of nitrogens with zero attached hydrogens (tertiary/aromatic N) is 2. The number of carbonyl (C=O) groups is 1. The van der Waals surface area contributed by atoms with Crippen LogP contribution in [0.2, 0.25) is 0 Å². The van der Waals surface area contributed by atoms with Gasteiger partial charge in [-0.1, -0.05) is 0 Å². The molecule has 1 atom stereocenters. The van der Waals surface area contributed by atoms with Crippen molar-refractivity contribution in [3.8, 4) is 0 Å². The number of ether oxygens (including phenoxy) is 1. The van der Waals surface area contributed by atoms with Gasteiger partial charge in [-0.05, 0) is 33.3 Å². The van der Waals surface area contributed by atoms with E-state index in [9.17, 15) is 9.90 Å². The van der Waals surface area contributed by atoms with Gasteiger partial charge in [0.15, 0.2) is 6.10 Å². The maximum atomic E-state index is 11.2. The molecule has 0 aliphatic rings. The number of aliphatic hydroxyl groups excluding tert-OH is 1. The van der Waals surface area contributed by atoms with Gasteiger partial charge >= 0.3 is 5.97 Å². The molecule has 0 aromatic carbocycles. The lowest BCUT2D eigenvalue weighted by atomic mass is 10.1. The van der Waals surface area contributed by atoms with Crippen LogP contribution in [-0.2, 0) is 16.0 Å². The average molecular weight is 240 g/mol. The summed E-state index contributed by atoms with van der Waals surface area (Å²) in [5.41, 5.74) is 2.75. The Morgan fingerprint density at radius 2 is 2.06 bits per heavy atom. The van der Waals surface area contributed by atoms with Gasteiger partial charge in [-0.3, -0.25) is 4.68 Å². The highest BCUT2D eigenvalue weighted by Gasteiger charge is 2.21. The summed E-state index contributed by atoms with van der Waals surface area (Å²) in [4.78, 5) is 11.2. The van der Waals surface area contributed by atoms with E-state index in [2.05, 4.69) is 9.84 Å². The molecular weight excluding hydrogens is 220 g/mol. The van der Waals surface area contributed by atoms with Gasteiger partial charge in [0.05, 0.1) is 12.8 Å². The van der Waals surface area contributed by atoms with Gasteiger partial charge in [-0.15, -0.1) is 0 Å². The topological polar surface area (TPSA) is 64.3 Å². The first-order valence-electron chi connectivity index (χ1n) is 5.69. The minimum Gasteiger partial charge on any atom is -0.467 e. The molecule has 5 heteroatoms. The summed E-state index contributed by atoms with van der Waals surface area (Å²) in [6.07, 6.45) is -0.876. The molecule has 17 heavy (non-hydrogen) atoms. The SMILES string of the molecule is COC(=O)C(O)Cc1c(C)nn(C(C)C)c1C. The van der Waals surface area contributed by atoms with E-state index in [0.717, 1.165) is 17.0 Å². The van der Waals surface area contributed by atoms with Crippen molar-refractivity contribution in [2.45, 2.75) is 46.3 Å². The Balaban J connectivity index is 2.95. The third-order valence-corrected chi connectivity index (χ3v) is 2.83. The summed E-state index contributed by atoms with van der Waals surface area (Å²) in [6.45, 7) is 7.91. The number of methoxy groups -OCH3 is 1. The van der Waals surface area contributed by atoms with Crippen molar-refractivity contribution in [2.75, 3.05) is 7.11 Å². The lowest BCUT2D eigenvalue weighted by molar-refractivity contribution is -0.150. The molecule has 0 aliphatic heterocycles. The van der Waals surface area contributed by atoms with Crippen LogP contribution in [0.5, 0.6) is 0 Å². The lowest BCUT2D eigenvalue weighted by Crippen LogP contribution is -2.24. The second-order valence-corrected chi connectivity index (χ2v) is 4.43. The highest BCUT2D eigenvalue weighted by atomic mass is 16.5. The van der Waals surface area contributed by atoms with E-state index in [4.69, 9.17) is 0 Å². The summed E-state index contributed by atoms with van der Waals surface area (Å²) >= 11 is 0. The minimum absolute atomic E-state index is 0.247. The Morgan fingerprint density at radius 1 is 1.47 bits per heavy atom. The van der Waals surface area contributed by atoms with E-state index < -0.39 is 12.1 Å². The van der Waals surface area contributed by atoms with Crippen LogP contribution in [0.4, 0.5) is 0 Å². The normalized spacial score (nSPS) is 12.9. The predicted molar refractivity (Wildman–Crippen MR) is 63.8 cm³/mol. The van der Waals surface area contributed by atoms with Crippen LogP contribution in [0, 0.1) is 13.8 Å². The summed E-state index contributed by atoms with van der Waals surface area (Å²) < 4.78 is 6.40. The monoisotopic (exact) mass is 240 g/mol. The van der Waals surface area contributed by atoms with Gasteiger partial charge < -0.3 is 9.84 Å². The van der Waals surface area contributed by atoms with Crippen molar-refractivity contribution >= 4 is 5.97 Å². The van der Waals surface area contributed by atoms with Crippen molar-refractivity contribution in [3.63, 3.8) is 0 Å². The standard InChI is InChI=1S/C12H20N2O3/c1-7(2)14-9(4)10(8(3)13-14)6-11(15)12(16)17-5/h7,11,15H,6H2,1-5H3. The molecule has 96 valence electrons. The largest absolute Gasteiger partial charge is 0.467 e. The van der Waals surface area contributed by atoms with Crippen LogP contribution in [0.15, 0.2) is 0 Å². The molecule has 1 rings (SSSR count). The molecule has 1 unspecified atom stereocenters. The highest BCUT2D eigenvalue weighted by molar-refractivity contribution is 5.74. The number of aromatic nitrogens is 2. The summed E-state index contributed by atoms with van der Waals surface area (Å²) in [5, 5.41) is 14.1. The molecule has 1 heterocycles. The molecule has 1 N–H and O–H groups in total. The van der Waals surface area contributed by atoms with Gasteiger partial charge in [0.2, 0.25) is 0 Å². The van der Waals surface area contributed by atoms with Crippen molar-refractivity contribution in [1.29, 1.82) is 0 Å². The van der Waals surface area contributed by atoms with Crippen LogP contribution < -0.4 is 0 Å². The molecule has 0 bridgehead atoms. The molecule has 0 aliphatic carbocycles. The number of hydrogen-bond donors (Lipinski definition) is 1. The summed E-state index contributed by atoms with van der Waals surface area (Å²) in [6, 6.07) is 0.262. The Kier molecular flexibility index (Phi) is 4.28. The predicted octanol–water partition coefficient (Wildman–Crippen LogP) is 1.16. The first-order valence-corrected chi connectivity index (χ1v) is 5.69. The molecule has 1 aromatic rings. The fraction of sp³-hybridized carbons (Fsp3) is 0.667. The smallest absolute Gasteiger partial charge is 0.335 e. The number of aryl methyl sites for hydroxylation is 1. The van der Waals surface area contributed by atoms with E-state index in [1.54, 1.807) is 0 Å². The molecule has 0 saturated carbocycles. The van der Waals surface area contributed by atoms with Gasteiger partial charge in [0.25, 0.3) is 0 Å². The Hall–Kier alpha value is -1.36. The highest BCUT2D eigenvalue weighted by Crippen LogP contribution is 2.18. The molecule has 0 spiro atoms. The first-order chi connectivity index (χ1) is 7.88. The van der Waals surface area contributed by atoms with Gasteiger partial charge in [0.1, 0.15) is 0 Å². The van der Waals surface area contributed by atoms with Crippen molar-refractivity contribution < 1.29 is 14.6 Å². The van der Waals surface area contributed by atoms with E-state index in [0.29, 0.717) is 0 Å². The van der Waals surface area contributed by atoms with E-state index in [-0.39, 0.29) is 12.5 Å². The Morgan fingerprint density at radius 3 is 2.47 bits per heavy atom. The number of aliphatic hydroxyl groups is 1. The number of hydrogen-bond acceptors (Lipinski definition) is 4. The first kappa shape index (κ1) is 13.7. The lowest BCUT2D eigenvalue weighted by Gasteiger charge is -2.10. The van der Waals surface area contributed by atoms with Gasteiger partial charge in [-0.2, -0.15) is 5.10 Å². The zero-order chi connectivity index (χ0) is 13.2. The maximum Gasteiger partial charge on any atom is 0.335 e. The Bertz CT molecular complexity index is 410. The molecule has 0 fully saturated rings. The quantitative estimate of drug-likeness (QED) is 0.802. The zero-order valence-electron chi connectivity index (χ0n) is 11.0. The molecule has 1 aromatic heterocycles. The van der Waals surface area contributed by atoms with Crippen LogP contribution in [0.25, 0.3) is 0 Å². The van der Waals surface area contributed by atoms with Gasteiger partial charge in [-0.25, -0.2) is 4.79 Å². The fourth-order valence-electron chi connectivity index (χ4n) is 1.91. The molecule has 0 saturated heterocycles. The fourth-order valence-corrected chi connectivity index (χ4v) is 1.91. The second-order valence-electron chi connectivity index (χ2n) is 4.43. The molecular formula is C12H20N2O3. The third-order valence-electron chi connectivity index (χ3n) is 2.83. The van der Waals surface area contributed by atoms with E-state index in [1.807, 2.05) is 32.4 Å². The van der Waals surface area contributed by atoms with Gasteiger partial charge in [0, 0.05) is 18.2 Å². The number of rotatable bonds is 4. The maximum absolute atomic E-state index is 11.2. The zero-order valence-corrected chi connectivity index (χ0v) is 11.0. The molecule has 0 amide bonds. The third kappa shape index (κ3) is 2.85.